The third-order valence-corrected chi connectivity index (χ3v) is 4.02. The van der Waals surface area contributed by atoms with Crippen LogP contribution in [0, 0.1) is 5.92 Å². The Balaban J connectivity index is 2.01. The van der Waals surface area contributed by atoms with Crippen molar-refractivity contribution in [3.05, 3.63) is 28.2 Å². The van der Waals surface area contributed by atoms with Crippen LogP contribution in [0.4, 0.5) is 0 Å². The molecule has 4 heteroatoms. The van der Waals surface area contributed by atoms with Crippen molar-refractivity contribution in [1.82, 2.24) is 0 Å². The second kappa shape index (κ2) is 7.27. The van der Waals surface area contributed by atoms with Gasteiger partial charge in [0.25, 0.3) is 0 Å². The Bertz CT molecular complexity index is 403. The molecule has 1 aromatic rings. The van der Waals surface area contributed by atoms with Gasteiger partial charge in [0.2, 0.25) is 0 Å². The van der Waals surface area contributed by atoms with E-state index in [-0.39, 0.29) is 6.04 Å². The number of hydrogen-bond donors (Lipinski definition) is 1. The number of hydrogen-bond acceptors (Lipinski definition) is 3. The average Bonchev–Trinajstić information content (AvgIpc) is 2.38. The third kappa shape index (κ3) is 4.48. The normalized spacial score (nSPS) is 18.3. The summed E-state index contributed by atoms with van der Waals surface area (Å²) in [4.78, 5) is 0. The second-order valence-electron chi connectivity index (χ2n) is 5.28. The summed E-state index contributed by atoms with van der Waals surface area (Å²) in [5, 5.41) is 0. The van der Waals surface area contributed by atoms with Crippen molar-refractivity contribution < 1.29 is 9.47 Å². The van der Waals surface area contributed by atoms with E-state index in [4.69, 9.17) is 15.2 Å². The summed E-state index contributed by atoms with van der Waals surface area (Å²) < 4.78 is 12.4. The minimum atomic E-state index is 0.139. The van der Waals surface area contributed by atoms with Gasteiger partial charge in [-0.1, -0.05) is 12.1 Å². The number of halogens is 1. The maximum atomic E-state index is 6.05. The molecule has 106 valence electrons. The highest BCUT2D eigenvalue weighted by Crippen LogP contribution is 2.31. The Morgan fingerprint density at radius 1 is 1.42 bits per heavy atom. The van der Waals surface area contributed by atoms with Crippen LogP contribution in [-0.2, 0) is 11.2 Å². The van der Waals surface area contributed by atoms with Gasteiger partial charge < -0.3 is 15.2 Å². The van der Waals surface area contributed by atoms with Crippen LogP contribution in [0.2, 0.25) is 0 Å². The summed E-state index contributed by atoms with van der Waals surface area (Å²) in [5.41, 5.74) is 7.07. The SMILES string of the molecule is CC(N)Cc1cccc(Br)c1OCC1CCOCC1. The summed E-state index contributed by atoms with van der Waals surface area (Å²) in [6.45, 7) is 4.49. The molecule has 1 aromatic carbocycles. The summed E-state index contributed by atoms with van der Waals surface area (Å²) >= 11 is 3.57. The first-order valence-corrected chi connectivity index (χ1v) is 7.69. The van der Waals surface area contributed by atoms with Crippen LogP contribution < -0.4 is 10.5 Å². The lowest BCUT2D eigenvalue weighted by Crippen LogP contribution is -2.22. The monoisotopic (exact) mass is 327 g/mol. The van der Waals surface area contributed by atoms with Crippen molar-refractivity contribution >= 4 is 15.9 Å². The molecule has 2 rings (SSSR count). The van der Waals surface area contributed by atoms with Gasteiger partial charge >= 0.3 is 0 Å². The molecule has 0 saturated carbocycles. The van der Waals surface area contributed by atoms with E-state index in [0.717, 1.165) is 49.3 Å². The zero-order valence-electron chi connectivity index (χ0n) is 11.4. The highest BCUT2D eigenvalue weighted by molar-refractivity contribution is 9.10. The fourth-order valence-electron chi connectivity index (χ4n) is 2.34. The average molecular weight is 328 g/mol. The lowest BCUT2D eigenvalue weighted by molar-refractivity contribution is 0.0495. The molecular weight excluding hydrogens is 306 g/mol. The van der Waals surface area contributed by atoms with Crippen molar-refractivity contribution in [3.63, 3.8) is 0 Å². The van der Waals surface area contributed by atoms with Crippen LogP contribution in [0.3, 0.4) is 0 Å². The molecule has 0 bridgehead atoms. The minimum absolute atomic E-state index is 0.139. The number of nitrogens with two attached hydrogens (primary N) is 1. The number of benzene rings is 1. The molecule has 2 N–H and O–H groups in total. The van der Waals surface area contributed by atoms with E-state index in [1.807, 2.05) is 19.1 Å². The van der Waals surface area contributed by atoms with Gasteiger partial charge in [0.1, 0.15) is 5.75 Å². The molecule has 0 spiro atoms. The highest BCUT2D eigenvalue weighted by Gasteiger charge is 2.16. The Hall–Kier alpha value is -0.580. The summed E-state index contributed by atoms with van der Waals surface area (Å²) in [5.74, 6) is 1.55. The zero-order valence-corrected chi connectivity index (χ0v) is 13.0. The van der Waals surface area contributed by atoms with E-state index in [9.17, 15) is 0 Å². The topological polar surface area (TPSA) is 44.5 Å². The summed E-state index contributed by atoms with van der Waals surface area (Å²) in [6.07, 6.45) is 3.02. The van der Waals surface area contributed by atoms with E-state index < -0.39 is 0 Å². The first-order valence-electron chi connectivity index (χ1n) is 6.90. The molecular formula is C15H22BrNO2. The van der Waals surface area contributed by atoms with Crippen LogP contribution in [0.15, 0.2) is 22.7 Å². The van der Waals surface area contributed by atoms with Gasteiger partial charge in [0.15, 0.2) is 0 Å². The first kappa shape index (κ1) is 14.8. The van der Waals surface area contributed by atoms with E-state index in [0.29, 0.717) is 5.92 Å². The van der Waals surface area contributed by atoms with E-state index in [1.165, 1.54) is 5.56 Å². The van der Waals surface area contributed by atoms with Gasteiger partial charge in [-0.25, -0.2) is 0 Å². The van der Waals surface area contributed by atoms with E-state index in [1.54, 1.807) is 0 Å². The molecule has 1 aliphatic rings. The molecule has 3 nitrogen and oxygen atoms in total. The van der Waals surface area contributed by atoms with E-state index in [2.05, 4.69) is 22.0 Å². The predicted molar refractivity (Wildman–Crippen MR) is 80.5 cm³/mol. The Morgan fingerprint density at radius 3 is 2.84 bits per heavy atom. The smallest absolute Gasteiger partial charge is 0.136 e. The van der Waals surface area contributed by atoms with Crippen LogP contribution in [0.5, 0.6) is 5.75 Å². The molecule has 0 amide bonds. The zero-order chi connectivity index (χ0) is 13.7. The second-order valence-corrected chi connectivity index (χ2v) is 6.13. The van der Waals surface area contributed by atoms with Gasteiger partial charge in [-0.2, -0.15) is 0 Å². The van der Waals surface area contributed by atoms with Crippen molar-refractivity contribution in [1.29, 1.82) is 0 Å². The van der Waals surface area contributed by atoms with Crippen LogP contribution >= 0.6 is 15.9 Å². The molecule has 0 aliphatic carbocycles. The van der Waals surface area contributed by atoms with Crippen molar-refractivity contribution in [2.24, 2.45) is 11.7 Å². The van der Waals surface area contributed by atoms with Crippen molar-refractivity contribution in [3.8, 4) is 5.75 Å². The standard InChI is InChI=1S/C15H22BrNO2/c1-11(17)9-13-3-2-4-14(16)15(13)19-10-12-5-7-18-8-6-12/h2-4,11-12H,5-10,17H2,1H3. The molecule has 0 aromatic heterocycles. The lowest BCUT2D eigenvalue weighted by atomic mass is 10.0. The maximum absolute atomic E-state index is 6.05. The van der Waals surface area contributed by atoms with E-state index >= 15 is 0 Å². The number of ether oxygens (including phenoxy) is 2. The minimum Gasteiger partial charge on any atom is -0.492 e. The molecule has 1 atom stereocenters. The highest BCUT2D eigenvalue weighted by atomic mass is 79.9. The van der Waals surface area contributed by atoms with Gasteiger partial charge in [-0.05, 0) is 59.7 Å². The van der Waals surface area contributed by atoms with Crippen LogP contribution in [0.1, 0.15) is 25.3 Å². The third-order valence-electron chi connectivity index (χ3n) is 3.39. The van der Waals surface area contributed by atoms with Gasteiger partial charge in [-0.15, -0.1) is 0 Å². The van der Waals surface area contributed by atoms with Gasteiger partial charge in [0.05, 0.1) is 11.1 Å². The predicted octanol–water partition coefficient (Wildman–Crippen LogP) is 3.14. The van der Waals surface area contributed by atoms with Gasteiger partial charge in [0, 0.05) is 19.3 Å². The lowest BCUT2D eigenvalue weighted by Gasteiger charge is -2.23. The van der Waals surface area contributed by atoms with Crippen molar-refractivity contribution in [2.45, 2.75) is 32.2 Å². The van der Waals surface area contributed by atoms with Crippen LogP contribution in [0.25, 0.3) is 0 Å². The fourth-order valence-corrected chi connectivity index (χ4v) is 2.86. The van der Waals surface area contributed by atoms with Gasteiger partial charge in [-0.3, -0.25) is 0 Å². The molecule has 1 fully saturated rings. The fraction of sp³-hybridized carbons (Fsp3) is 0.600. The Kier molecular flexibility index (Phi) is 5.67. The Morgan fingerprint density at radius 2 is 2.16 bits per heavy atom. The molecule has 1 unspecified atom stereocenters. The summed E-state index contributed by atoms with van der Waals surface area (Å²) in [6, 6.07) is 6.28. The molecule has 19 heavy (non-hydrogen) atoms. The number of para-hydroxylation sites is 1. The van der Waals surface area contributed by atoms with Crippen molar-refractivity contribution in [2.75, 3.05) is 19.8 Å². The summed E-state index contributed by atoms with van der Waals surface area (Å²) in [7, 11) is 0. The molecule has 1 heterocycles. The number of rotatable bonds is 5. The largest absolute Gasteiger partial charge is 0.492 e. The quantitative estimate of drug-likeness (QED) is 0.903. The maximum Gasteiger partial charge on any atom is 0.136 e. The van der Waals surface area contributed by atoms with Crippen LogP contribution in [-0.4, -0.2) is 25.9 Å². The molecule has 0 radical (unpaired) electrons. The first-order chi connectivity index (χ1) is 9.16. The molecule has 1 saturated heterocycles. The Labute approximate surface area is 123 Å². The molecule has 1 aliphatic heterocycles.